The fourth-order valence-corrected chi connectivity index (χ4v) is 2.77. The number of carbonyl (C=O) groups is 2. The second kappa shape index (κ2) is 8.69. The molecular weight excluding hydrogens is 288 g/mol. The molecule has 0 aliphatic heterocycles. The number of rotatable bonds is 8. The molecule has 0 saturated carbocycles. The van der Waals surface area contributed by atoms with Crippen molar-refractivity contribution < 1.29 is 14.7 Å². The maximum Gasteiger partial charge on any atom is 0.320 e. The van der Waals surface area contributed by atoms with Gasteiger partial charge in [-0.25, -0.2) is 0 Å². The van der Waals surface area contributed by atoms with Crippen LogP contribution < -0.4 is 11.1 Å². The van der Waals surface area contributed by atoms with Gasteiger partial charge in [0.05, 0.1) is 11.8 Å². The number of carboxylic acid groups (broad SMARTS) is 1. The van der Waals surface area contributed by atoms with E-state index in [-0.39, 0.29) is 11.9 Å². The normalized spacial score (nSPS) is 13.5. The monoisotopic (exact) mass is 310 g/mol. The predicted octanol–water partition coefficient (Wildman–Crippen LogP) is 1.71. The molecule has 1 amide bonds. The van der Waals surface area contributed by atoms with E-state index in [1.807, 2.05) is 38.1 Å². The maximum absolute atomic E-state index is 11.8. The number of nitrogens with one attached hydrogen (secondary N) is 1. The van der Waals surface area contributed by atoms with Crippen LogP contribution >= 0.6 is 11.8 Å². The van der Waals surface area contributed by atoms with Crippen LogP contribution in [-0.4, -0.2) is 34.5 Å². The molecule has 1 rings (SSSR count). The molecular formula is C15H22N2O3S. The summed E-state index contributed by atoms with van der Waals surface area (Å²) in [5, 5.41) is 11.6. The lowest BCUT2D eigenvalue weighted by Gasteiger charge is -2.16. The van der Waals surface area contributed by atoms with Crippen molar-refractivity contribution in [1.29, 1.82) is 0 Å². The SMILES string of the molecule is Cc1ccccc1C(C)NC(=O)CSCCC(N)C(=O)O. The number of hydrogen-bond acceptors (Lipinski definition) is 4. The van der Waals surface area contributed by atoms with E-state index in [1.165, 1.54) is 11.8 Å². The highest BCUT2D eigenvalue weighted by molar-refractivity contribution is 7.99. The number of thioether (sulfide) groups is 1. The molecule has 21 heavy (non-hydrogen) atoms. The van der Waals surface area contributed by atoms with E-state index in [2.05, 4.69) is 5.32 Å². The topological polar surface area (TPSA) is 92.4 Å². The van der Waals surface area contributed by atoms with Gasteiger partial charge in [0.2, 0.25) is 5.91 Å². The second-order valence-corrected chi connectivity index (χ2v) is 6.04. The largest absolute Gasteiger partial charge is 0.480 e. The Hall–Kier alpha value is -1.53. The van der Waals surface area contributed by atoms with Gasteiger partial charge >= 0.3 is 5.97 Å². The Kier molecular flexibility index (Phi) is 7.25. The first-order chi connectivity index (χ1) is 9.91. The first-order valence-corrected chi connectivity index (χ1v) is 7.98. The summed E-state index contributed by atoms with van der Waals surface area (Å²) in [7, 11) is 0. The van der Waals surface area contributed by atoms with Crippen molar-refractivity contribution in [2.45, 2.75) is 32.4 Å². The zero-order chi connectivity index (χ0) is 15.8. The maximum atomic E-state index is 11.8. The van der Waals surface area contributed by atoms with E-state index >= 15 is 0 Å². The van der Waals surface area contributed by atoms with Crippen LogP contribution in [0.25, 0.3) is 0 Å². The van der Waals surface area contributed by atoms with Crippen LogP contribution in [0.3, 0.4) is 0 Å². The summed E-state index contributed by atoms with van der Waals surface area (Å²) in [6, 6.07) is 7.04. The molecule has 5 nitrogen and oxygen atoms in total. The number of benzene rings is 1. The van der Waals surface area contributed by atoms with Crippen LogP contribution in [0.15, 0.2) is 24.3 Å². The lowest BCUT2D eigenvalue weighted by atomic mass is 10.0. The molecule has 0 spiro atoms. The van der Waals surface area contributed by atoms with Gasteiger partial charge < -0.3 is 16.2 Å². The molecule has 6 heteroatoms. The fourth-order valence-electron chi connectivity index (χ4n) is 1.93. The van der Waals surface area contributed by atoms with Gasteiger partial charge in [-0.15, -0.1) is 0 Å². The molecule has 1 aromatic carbocycles. The quantitative estimate of drug-likeness (QED) is 0.636. The number of nitrogens with two attached hydrogens (primary N) is 1. The number of aryl methyl sites for hydroxylation is 1. The van der Waals surface area contributed by atoms with Gasteiger partial charge in [-0.2, -0.15) is 11.8 Å². The fraction of sp³-hybridized carbons (Fsp3) is 0.467. The zero-order valence-electron chi connectivity index (χ0n) is 12.3. The first kappa shape index (κ1) is 17.5. The zero-order valence-corrected chi connectivity index (χ0v) is 13.2. The van der Waals surface area contributed by atoms with Crippen molar-refractivity contribution in [2.24, 2.45) is 5.73 Å². The molecule has 2 unspecified atom stereocenters. The molecule has 116 valence electrons. The minimum Gasteiger partial charge on any atom is -0.480 e. The Labute approximate surface area is 129 Å². The van der Waals surface area contributed by atoms with E-state index in [0.29, 0.717) is 17.9 Å². The highest BCUT2D eigenvalue weighted by atomic mass is 32.2. The van der Waals surface area contributed by atoms with E-state index < -0.39 is 12.0 Å². The van der Waals surface area contributed by atoms with Crippen LogP contribution in [0.4, 0.5) is 0 Å². The average Bonchev–Trinajstić information content (AvgIpc) is 2.43. The van der Waals surface area contributed by atoms with Gasteiger partial charge in [0.1, 0.15) is 6.04 Å². The Morgan fingerprint density at radius 1 is 1.38 bits per heavy atom. The van der Waals surface area contributed by atoms with Crippen molar-refractivity contribution in [3.8, 4) is 0 Å². The molecule has 0 fully saturated rings. The Morgan fingerprint density at radius 3 is 2.67 bits per heavy atom. The third-order valence-corrected chi connectivity index (χ3v) is 4.15. The lowest BCUT2D eigenvalue weighted by Crippen LogP contribution is -2.31. The summed E-state index contributed by atoms with van der Waals surface area (Å²) in [5.41, 5.74) is 7.64. The summed E-state index contributed by atoms with van der Waals surface area (Å²) >= 11 is 1.39. The minimum absolute atomic E-state index is 0.0411. The molecule has 0 saturated heterocycles. The van der Waals surface area contributed by atoms with E-state index in [4.69, 9.17) is 10.8 Å². The molecule has 4 N–H and O–H groups in total. The van der Waals surface area contributed by atoms with Gasteiger partial charge in [-0.05, 0) is 37.1 Å². The molecule has 0 aliphatic rings. The number of amides is 1. The van der Waals surface area contributed by atoms with Crippen molar-refractivity contribution in [3.05, 3.63) is 35.4 Å². The number of carboxylic acids is 1. The summed E-state index contributed by atoms with van der Waals surface area (Å²) in [6.07, 6.45) is 0.362. The van der Waals surface area contributed by atoms with Gasteiger partial charge in [0.25, 0.3) is 0 Å². The van der Waals surface area contributed by atoms with Crippen LogP contribution in [0.2, 0.25) is 0 Å². The summed E-state index contributed by atoms with van der Waals surface area (Å²) < 4.78 is 0. The van der Waals surface area contributed by atoms with Crippen LogP contribution in [-0.2, 0) is 9.59 Å². The Morgan fingerprint density at radius 2 is 2.05 bits per heavy atom. The molecule has 1 aromatic rings. The highest BCUT2D eigenvalue weighted by Gasteiger charge is 2.13. The van der Waals surface area contributed by atoms with E-state index in [0.717, 1.165) is 11.1 Å². The summed E-state index contributed by atoms with van der Waals surface area (Å²) in [4.78, 5) is 22.4. The molecule has 0 bridgehead atoms. The molecule has 0 aromatic heterocycles. The van der Waals surface area contributed by atoms with Crippen molar-refractivity contribution in [3.63, 3.8) is 0 Å². The smallest absolute Gasteiger partial charge is 0.320 e. The minimum atomic E-state index is -1.01. The Bertz CT molecular complexity index is 494. The van der Waals surface area contributed by atoms with Crippen molar-refractivity contribution >= 4 is 23.6 Å². The molecule has 0 heterocycles. The van der Waals surface area contributed by atoms with E-state index in [9.17, 15) is 9.59 Å². The van der Waals surface area contributed by atoms with Crippen LogP contribution in [0.5, 0.6) is 0 Å². The summed E-state index contributed by atoms with van der Waals surface area (Å²) in [6.45, 7) is 3.96. The van der Waals surface area contributed by atoms with Crippen molar-refractivity contribution in [1.82, 2.24) is 5.32 Å². The molecule has 0 aliphatic carbocycles. The first-order valence-electron chi connectivity index (χ1n) is 6.83. The highest BCUT2D eigenvalue weighted by Crippen LogP contribution is 2.16. The molecule has 2 atom stereocenters. The molecule has 0 radical (unpaired) electrons. The Balaban J connectivity index is 2.31. The number of hydrogen-bond donors (Lipinski definition) is 3. The third kappa shape index (κ3) is 6.18. The third-order valence-electron chi connectivity index (χ3n) is 3.16. The summed E-state index contributed by atoms with van der Waals surface area (Å²) in [5.74, 6) is -0.199. The van der Waals surface area contributed by atoms with E-state index in [1.54, 1.807) is 0 Å². The average molecular weight is 310 g/mol. The van der Waals surface area contributed by atoms with Crippen molar-refractivity contribution in [2.75, 3.05) is 11.5 Å². The van der Waals surface area contributed by atoms with Crippen LogP contribution in [0, 0.1) is 6.92 Å². The second-order valence-electron chi connectivity index (χ2n) is 4.93. The van der Waals surface area contributed by atoms with Gasteiger partial charge in [-0.3, -0.25) is 9.59 Å². The predicted molar refractivity (Wildman–Crippen MR) is 85.3 cm³/mol. The number of carbonyl (C=O) groups excluding carboxylic acids is 1. The van der Waals surface area contributed by atoms with Crippen LogP contribution in [0.1, 0.15) is 30.5 Å². The van der Waals surface area contributed by atoms with Gasteiger partial charge in [0.15, 0.2) is 0 Å². The number of aliphatic carboxylic acids is 1. The van der Waals surface area contributed by atoms with Gasteiger partial charge in [-0.1, -0.05) is 24.3 Å². The lowest BCUT2D eigenvalue weighted by molar-refractivity contribution is -0.138. The van der Waals surface area contributed by atoms with Gasteiger partial charge in [0, 0.05) is 0 Å². The standard InChI is InChI=1S/C15H22N2O3S/c1-10-5-3-4-6-12(10)11(2)17-14(18)9-21-8-7-13(16)15(19)20/h3-6,11,13H,7-9,16H2,1-2H3,(H,17,18)(H,19,20).